The first-order valence-electron chi connectivity index (χ1n) is 12.2. The maximum Gasteiger partial charge on any atom is 0.234 e. The van der Waals surface area contributed by atoms with Crippen LogP contribution in [0, 0.1) is 0 Å². The number of benzene rings is 2. The average molecular weight is 469 g/mol. The highest BCUT2D eigenvalue weighted by Crippen LogP contribution is 2.32. The summed E-state index contributed by atoms with van der Waals surface area (Å²) in [6.07, 6.45) is 4.35. The van der Waals surface area contributed by atoms with Crippen molar-refractivity contribution in [3.63, 3.8) is 0 Å². The maximum absolute atomic E-state index is 13.0. The van der Waals surface area contributed by atoms with E-state index in [2.05, 4.69) is 20.3 Å². The molecule has 35 heavy (non-hydrogen) atoms. The Labute approximate surface area is 206 Å². The van der Waals surface area contributed by atoms with Gasteiger partial charge >= 0.3 is 0 Å². The molecule has 0 saturated carbocycles. The Bertz CT molecular complexity index is 1320. The summed E-state index contributed by atoms with van der Waals surface area (Å²) >= 11 is 0. The SMILES string of the molecule is CC(C)(C(=O)Nc1ccc(-c2ccnc3c2c(N)nn3CCN2CCCC2)cc1)c1ccccc1. The molecule has 0 radical (unpaired) electrons. The highest BCUT2D eigenvalue weighted by molar-refractivity contribution is 6.01. The van der Waals surface area contributed by atoms with Gasteiger partial charge in [-0.05, 0) is 74.7 Å². The number of nitrogen functional groups attached to an aromatic ring is 1. The summed E-state index contributed by atoms with van der Waals surface area (Å²) in [7, 11) is 0. The summed E-state index contributed by atoms with van der Waals surface area (Å²) in [5, 5.41) is 8.53. The summed E-state index contributed by atoms with van der Waals surface area (Å²) in [4.78, 5) is 20.1. The predicted molar refractivity (Wildman–Crippen MR) is 141 cm³/mol. The van der Waals surface area contributed by atoms with Gasteiger partial charge < -0.3 is 16.0 Å². The number of aromatic nitrogens is 3. The lowest BCUT2D eigenvalue weighted by Gasteiger charge is -2.24. The summed E-state index contributed by atoms with van der Waals surface area (Å²) in [5.74, 6) is 0.442. The van der Waals surface area contributed by atoms with Crippen LogP contribution in [0.1, 0.15) is 32.3 Å². The van der Waals surface area contributed by atoms with Gasteiger partial charge in [0.25, 0.3) is 0 Å². The monoisotopic (exact) mass is 468 g/mol. The van der Waals surface area contributed by atoms with E-state index < -0.39 is 5.41 Å². The van der Waals surface area contributed by atoms with Crippen LogP contribution < -0.4 is 11.1 Å². The molecule has 5 rings (SSSR count). The lowest BCUT2D eigenvalue weighted by molar-refractivity contribution is -0.120. The largest absolute Gasteiger partial charge is 0.382 e. The molecule has 0 spiro atoms. The van der Waals surface area contributed by atoms with E-state index >= 15 is 0 Å². The molecule has 2 aromatic carbocycles. The van der Waals surface area contributed by atoms with Crippen LogP contribution in [-0.4, -0.2) is 45.2 Å². The minimum Gasteiger partial charge on any atom is -0.382 e. The second kappa shape index (κ2) is 9.50. The van der Waals surface area contributed by atoms with E-state index in [0.29, 0.717) is 5.82 Å². The van der Waals surface area contributed by atoms with E-state index in [1.807, 2.05) is 85.4 Å². The van der Waals surface area contributed by atoms with Gasteiger partial charge in [-0.1, -0.05) is 42.5 Å². The molecular formula is C28H32N6O. The fourth-order valence-corrected chi connectivity index (χ4v) is 4.77. The van der Waals surface area contributed by atoms with Crippen molar-refractivity contribution in [3.8, 4) is 11.1 Å². The van der Waals surface area contributed by atoms with Gasteiger partial charge in [0.15, 0.2) is 11.5 Å². The van der Waals surface area contributed by atoms with E-state index in [9.17, 15) is 4.79 Å². The molecule has 3 heterocycles. The van der Waals surface area contributed by atoms with Crippen molar-refractivity contribution in [1.29, 1.82) is 0 Å². The third-order valence-electron chi connectivity index (χ3n) is 7.00. The Kier molecular flexibility index (Phi) is 6.26. The number of hydrogen-bond acceptors (Lipinski definition) is 5. The summed E-state index contributed by atoms with van der Waals surface area (Å²) in [6.45, 7) is 7.90. The van der Waals surface area contributed by atoms with Crippen LogP contribution in [-0.2, 0) is 16.8 Å². The lowest BCUT2D eigenvalue weighted by atomic mass is 9.83. The molecule has 1 amide bonds. The molecular weight excluding hydrogens is 436 g/mol. The molecule has 1 aliphatic rings. The van der Waals surface area contributed by atoms with E-state index in [-0.39, 0.29) is 5.91 Å². The Morgan fingerprint density at radius 1 is 1.00 bits per heavy atom. The topological polar surface area (TPSA) is 89.1 Å². The van der Waals surface area contributed by atoms with Crippen LogP contribution in [0.4, 0.5) is 11.5 Å². The van der Waals surface area contributed by atoms with Gasteiger partial charge in [0.05, 0.1) is 17.3 Å². The third-order valence-corrected chi connectivity index (χ3v) is 7.00. The van der Waals surface area contributed by atoms with Gasteiger partial charge in [-0.2, -0.15) is 5.10 Å². The van der Waals surface area contributed by atoms with E-state index in [1.165, 1.54) is 12.8 Å². The van der Waals surface area contributed by atoms with Crippen molar-refractivity contribution >= 4 is 28.4 Å². The number of rotatable bonds is 7. The summed E-state index contributed by atoms with van der Waals surface area (Å²) in [5.41, 5.74) is 10.2. The first kappa shape index (κ1) is 23.1. The number of likely N-dealkylation sites (tertiary alicyclic amines) is 1. The van der Waals surface area contributed by atoms with Crippen molar-refractivity contribution in [3.05, 3.63) is 72.4 Å². The second-order valence-corrected chi connectivity index (χ2v) is 9.74. The van der Waals surface area contributed by atoms with Crippen LogP contribution >= 0.6 is 0 Å². The average Bonchev–Trinajstić information content (AvgIpc) is 3.51. The Hall–Kier alpha value is -3.71. The van der Waals surface area contributed by atoms with Crippen LogP contribution in [0.2, 0.25) is 0 Å². The summed E-state index contributed by atoms with van der Waals surface area (Å²) in [6, 6.07) is 19.6. The zero-order chi connectivity index (χ0) is 24.4. The lowest BCUT2D eigenvalue weighted by Crippen LogP contribution is -2.34. The van der Waals surface area contributed by atoms with Gasteiger partial charge in [0, 0.05) is 18.4 Å². The molecule has 1 saturated heterocycles. The highest BCUT2D eigenvalue weighted by Gasteiger charge is 2.29. The number of hydrogen-bond donors (Lipinski definition) is 2. The molecule has 0 atom stereocenters. The zero-order valence-electron chi connectivity index (χ0n) is 20.4. The third kappa shape index (κ3) is 4.64. The minimum absolute atomic E-state index is 0.0497. The van der Waals surface area contributed by atoms with Crippen LogP contribution in [0.3, 0.4) is 0 Å². The van der Waals surface area contributed by atoms with Crippen LogP contribution in [0.15, 0.2) is 66.9 Å². The van der Waals surface area contributed by atoms with Crippen molar-refractivity contribution in [1.82, 2.24) is 19.7 Å². The van der Waals surface area contributed by atoms with Crippen LogP contribution in [0.25, 0.3) is 22.2 Å². The molecule has 1 aliphatic heterocycles. The number of carbonyl (C=O) groups excluding carboxylic acids is 1. The number of amides is 1. The van der Waals surface area contributed by atoms with Gasteiger partial charge in [-0.25, -0.2) is 9.67 Å². The minimum atomic E-state index is -0.644. The predicted octanol–water partition coefficient (Wildman–Crippen LogP) is 4.69. The van der Waals surface area contributed by atoms with E-state index in [0.717, 1.165) is 59.6 Å². The number of pyridine rings is 1. The number of nitrogens with two attached hydrogens (primary N) is 1. The number of anilines is 2. The number of nitrogens with zero attached hydrogens (tertiary/aromatic N) is 4. The van der Waals surface area contributed by atoms with E-state index in [1.54, 1.807) is 0 Å². The number of carbonyl (C=O) groups is 1. The quantitative estimate of drug-likeness (QED) is 0.411. The standard InChI is InChI=1S/C28H32N6O/c1-28(2,21-8-4-3-5-9-21)27(35)31-22-12-10-20(11-13-22)23-14-15-30-26-24(23)25(29)32-34(26)19-18-33-16-6-7-17-33/h3-5,8-15H,6-7,16-19H2,1-2H3,(H2,29,32)(H,31,35). The van der Waals surface area contributed by atoms with Crippen molar-refractivity contribution in [2.24, 2.45) is 0 Å². The zero-order valence-corrected chi connectivity index (χ0v) is 20.4. The highest BCUT2D eigenvalue weighted by atomic mass is 16.2. The smallest absolute Gasteiger partial charge is 0.234 e. The Morgan fingerprint density at radius 2 is 1.71 bits per heavy atom. The molecule has 1 fully saturated rings. The first-order valence-corrected chi connectivity index (χ1v) is 12.2. The van der Waals surface area contributed by atoms with Gasteiger partial charge in [0.1, 0.15) is 0 Å². The van der Waals surface area contributed by atoms with Gasteiger partial charge in [-0.15, -0.1) is 0 Å². The normalized spacial score (nSPS) is 14.5. The molecule has 0 unspecified atom stereocenters. The molecule has 0 bridgehead atoms. The van der Waals surface area contributed by atoms with Crippen LogP contribution in [0.5, 0.6) is 0 Å². The number of nitrogens with one attached hydrogen (secondary N) is 1. The first-order chi connectivity index (χ1) is 16.9. The fourth-order valence-electron chi connectivity index (χ4n) is 4.77. The Balaban J connectivity index is 1.35. The number of fused-ring (bicyclic) bond motifs is 1. The van der Waals surface area contributed by atoms with Crippen molar-refractivity contribution < 1.29 is 4.79 Å². The molecule has 2 aromatic heterocycles. The van der Waals surface area contributed by atoms with E-state index in [4.69, 9.17) is 5.73 Å². The fraction of sp³-hybridized carbons (Fsp3) is 0.321. The molecule has 180 valence electrons. The molecule has 4 aromatic rings. The Morgan fingerprint density at radius 3 is 2.43 bits per heavy atom. The van der Waals surface area contributed by atoms with Crippen molar-refractivity contribution in [2.45, 2.75) is 38.6 Å². The second-order valence-electron chi connectivity index (χ2n) is 9.74. The molecule has 0 aliphatic carbocycles. The summed E-state index contributed by atoms with van der Waals surface area (Å²) < 4.78 is 1.92. The van der Waals surface area contributed by atoms with Gasteiger partial charge in [-0.3, -0.25) is 4.79 Å². The molecule has 3 N–H and O–H groups in total. The van der Waals surface area contributed by atoms with Crippen molar-refractivity contribution in [2.75, 3.05) is 30.7 Å². The molecule has 7 nitrogen and oxygen atoms in total. The molecule has 7 heteroatoms. The van der Waals surface area contributed by atoms with Gasteiger partial charge in [0.2, 0.25) is 5.91 Å². The maximum atomic E-state index is 13.0.